The molecule has 0 aromatic heterocycles. The molecule has 0 N–H and O–H groups in total. The fourth-order valence-corrected chi connectivity index (χ4v) is 0.982. The predicted molar refractivity (Wildman–Crippen MR) is 37.5 cm³/mol. The average molecular weight is 143 g/mol. The van der Waals surface area contributed by atoms with E-state index < -0.39 is 0 Å². The van der Waals surface area contributed by atoms with Crippen LogP contribution in [0.4, 0.5) is 0 Å². The van der Waals surface area contributed by atoms with Gasteiger partial charge in [0, 0.05) is 5.57 Å². The summed E-state index contributed by atoms with van der Waals surface area (Å²) >= 11 is 5.70. The lowest BCUT2D eigenvalue weighted by molar-refractivity contribution is -0.104. The Morgan fingerprint density at radius 2 is 2.56 bits per heavy atom. The van der Waals surface area contributed by atoms with Crippen LogP contribution in [-0.2, 0) is 4.79 Å². The summed E-state index contributed by atoms with van der Waals surface area (Å²) in [5, 5.41) is -0.198. The Bertz CT molecular complexity index is 170. The second-order valence-corrected chi connectivity index (χ2v) is 2.36. The van der Waals surface area contributed by atoms with E-state index in [0.29, 0.717) is 5.57 Å². The van der Waals surface area contributed by atoms with Gasteiger partial charge in [-0.1, -0.05) is 18.2 Å². The van der Waals surface area contributed by atoms with Crippen LogP contribution in [0.5, 0.6) is 0 Å². The van der Waals surface area contributed by atoms with Crippen molar-refractivity contribution in [1.29, 1.82) is 0 Å². The molecule has 0 aliphatic heterocycles. The SMILES string of the molecule is O=CC1=CCC=CC1Cl. The summed E-state index contributed by atoms with van der Waals surface area (Å²) in [7, 11) is 0. The van der Waals surface area contributed by atoms with E-state index in [1.165, 1.54) is 0 Å². The zero-order chi connectivity index (χ0) is 6.69. The number of halogens is 1. The standard InChI is InChI=1S/C7H7ClO/c8-7-4-2-1-3-6(7)5-9/h2-5,7H,1H2. The van der Waals surface area contributed by atoms with Gasteiger partial charge in [-0.25, -0.2) is 0 Å². The molecule has 48 valence electrons. The van der Waals surface area contributed by atoms with E-state index in [4.69, 9.17) is 11.6 Å². The van der Waals surface area contributed by atoms with Gasteiger partial charge in [0.15, 0.2) is 0 Å². The molecule has 0 aromatic carbocycles. The number of carbonyl (C=O) groups is 1. The Morgan fingerprint density at radius 3 is 3.00 bits per heavy atom. The molecule has 0 bridgehead atoms. The van der Waals surface area contributed by atoms with Crippen molar-refractivity contribution in [3.05, 3.63) is 23.8 Å². The molecular formula is C7H7ClO. The number of allylic oxidation sites excluding steroid dienone is 4. The highest BCUT2D eigenvalue weighted by molar-refractivity contribution is 6.25. The second kappa shape index (κ2) is 2.83. The molecule has 0 saturated carbocycles. The maximum absolute atomic E-state index is 10.2. The van der Waals surface area contributed by atoms with E-state index in [9.17, 15) is 4.79 Å². The molecule has 9 heavy (non-hydrogen) atoms. The Hall–Kier alpha value is -0.560. The first-order valence-corrected chi connectivity index (χ1v) is 3.24. The number of alkyl halides is 1. The van der Waals surface area contributed by atoms with Crippen molar-refractivity contribution in [2.24, 2.45) is 0 Å². The summed E-state index contributed by atoms with van der Waals surface area (Å²) in [5.41, 5.74) is 0.680. The summed E-state index contributed by atoms with van der Waals surface area (Å²) in [6.45, 7) is 0. The van der Waals surface area contributed by atoms with Gasteiger partial charge >= 0.3 is 0 Å². The summed E-state index contributed by atoms with van der Waals surface area (Å²) in [4.78, 5) is 10.2. The number of hydrogen-bond acceptors (Lipinski definition) is 1. The lowest BCUT2D eigenvalue weighted by atomic mass is 10.1. The van der Waals surface area contributed by atoms with Crippen LogP contribution in [0.15, 0.2) is 23.8 Å². The van der Waals surface area contributed by atoms with Gasteiger partial charge < -0.3 is 0 Å². The van der Waals surface area contributed by atoms with Gasteiger partial charge in [-0.2, -0.15) is 0 Å². The van der Waals surface area contributed by atoms with E-state index in [1.54, 1.807) is 0 Å². The highest BCUT2D eigenvalue weighted by atomic mass is 35.5. The lowest BCUT2D eigenvalue weighted by Gasteiger charge is -2.05. The molecule has 0 heterocycles. The van der Waals surface area contributed by atoms with Gasteiger partial charge in [-0.3, -0.25) is 4.79 Å². The summed E-state index contributed by atoms with van der Waals surface area (Å²) in [5.74, 6) is 0. The molecule has 2 heteroatoms. The predicted octanol–water partition coefficient (Wildman–Crippen LogP) is 1.68. The van der Waals surface area contributed by atoms with Crippen molar-refractivity contribution in [2.75, 3.05) is 0 Å². The molecule has 1 rings (SSSR count). The molecular weight excluding hydrogens is 136 g/mol. The largest absolute Gasteiger partial charge is 0.298 e. The van der Waals surface area contributed by atoms with E-state index >= 15 is 0 Å². The highest BCUT2D eigenvalue weighted by Crippen LogP contribution is 2.14. The Labute approximate surface area is 59.0 Å². The topological polar surface area (TPSA) is 17.1 Å². The number of rotatable bonds is 1. The van der Waals surface area contributed by atoms with Gasteiger partial charge in [0.2, 0.25) is 0 Å². The zero-order valence-corrected chi connectivity index (χ0v) is 5.64. The first-order valence-electron chi connectivity index (χ1n) is 2.80. The van der Waals surface area contributed by atoms with Gasteiger partial charge in [0.05, 0.1) is 5.38 Å². The fourth-order valence-electron chi connectivity index (χ4n) is 0.739. The number of hydrogen-bond donors (Lipinski definition) is 0. The third kappa shape index (κ3) is 1.42. The van der Waals surface area contributed by atoms with Crippen molar-refractivity contribution < 1.29 is 4.79 Å². The Morgan fingerprint density at radius 1 is 1.78 bits per heavy atom. The molecule has 0 amide bonds. The molecule has 0 spiro atoms. The van der Waals surface area contributed by atoms with Crippen molar-refractivity contribution >= 4 is 17.9 Å². The lowest BCUT2D eigenvalue weighted by Crippen LogP contribution is -2.03. The molecule has 0 aromatic rings. The van der Waals surface area contributed by atoms with E-state index in [1.807, 2.05) is 18.2 Å². The maximum atomic E-state index is 10.2. The van der Waals surface area contributed by atoms with Gasteiger partial charge in [0.25, 0.3) is 0 Å². The quantitative estimate of drug-likeness (QED) is 0.309. The summed E-state index contributed by atoms with van der Waals surface area (Å²) < 4.78 is 0. The van der Waals surface area contributed by atoms with E-state index in [-0.39, 0.29) is 5.38 Å². The molecule has 1 aliphatic rings. The summed E-state index contributed by atoms with van der Waals surface area (Å²) in [6.07, 6.45) is 7.25. The van der Waals surface area contributed by atoms with Crippen LogP contribution >= 0.6 is 11.6 Å². The van der Waals surface area contributed by atoms with E-state index in [2.05, 4.69) is 0 Å². The van der Waals surface area contributed by atoms with Gasteiger partial charge in [-0.15, -0.1) is 11.6 Å². The minimum absolute atomic E-state index is 0.198. The monoisotopic (exact) mass is 142 g/mol. The average Bonchev–Trinajstić information content (AvgIpc) is 1.89. The van der Waals surface area contributed by atoms with Crippen molar-refractivity contribution in [2.45, 2.75) is 11.8 Å². The van der Waals surface area contributed by atoms with Crippen LogP contribution in [-0.4, -0.2) is 11.7 Å². The fraction of sp³-hybridized carbons (Fsp3) is 0.286. The van der Waals surface area contributed by atoms with Crippen molar-refractivity contribution in [3.8, 4) is 0 Å². The zero-order valence-electron chi connectivity index (χ0n) is 4.88. The molecule has 0 saturated heterocycles. The van der Waals surface area contributed by atoms with Gasteiger partial charge in [-0.05, 0) is 6.42 Å². The molecule has 1 nitrogen and oxygen atoms in total. The van der Waals surface area contributed by atoms with Crippen LogP contribution in [0.2, 0.25) is 0 Å². The van der Waals surface area contributed by atoms with Gasteiger partial charge in [0.1, 0.15) is 6.29 Å². The minimum Gasteiger partial charge on any atom is -0.298 e. The molecule has 0 fully saturated rings. The second-order valence-electron chi connectivity index (χ2n) is 1.89. The number of carbonyl (C=O) groups excluding carboxylic acids is 1. The first kappa shape index (κ1) is 6.56. The molecule has 1 atom stereocenters. The normalized spacial score (nSPS) is 25.4. The van der Waals surface area contributed by atoms with Crippen molar-refractivity contribution in [3.63, 3.8) is 0 Å². The van der Waals surface area contributed by atoms with Crippen LogP contribution in [0.3, 0.4) is 0 Å². The minimum atomic E-state index is -0.198. The highest BCUT2D eigenvalue weighted by Gasteiger charge is 2.07. The molecule has 1 aliphatic carbocycles. The third-order valence-electron chi connectivity index (χ3n) is 1.25. The smallest absolute Gasteiger partial charge is 0.147 e. The Balaban J connectivity index is 2.70. The third-order valence-corrected chi connectivity index (χ3v) is 1.65. The maximum Gasteiger partial charge on any atom is 0.147 e. The summed E-state index contributed by atoms with van der Waals surface area (Å²) in [6, 6.07) is 0. The van der Waals surface area contributed by atoms with Crippen LogP contribution in [0, 0.1) is 0 Å². The number of aldehydes is 1. The van der Waals surface area contributed by atoms with Crippen LogP contribution < -0.4 is 0 Å². The molecule has 1 unspecified atom stereocenters. The molecule has 0 radical (unpaired) electrons. The van der Waals surface area contributed by atoms with E-state index in [0.717, 1.165) is 12.7 Å². The van der Waals surface area contributed by atoms with Crippen molar-refractivity contribution in [1.82, 2.24) is 0 Å². The van der Waals surface area contributed by atoms with Crippen LogP contribution in [0.1, 0.15) is 6.42 Å². The van der Waals surface area contributed by atoms with Crippen LogP contribution in [0.25, 0.3) is 0 Å². The first-order chi connectivity index (χ1) is 4.34. The Kier molecular flexibility index (Phi) is 2.06.